The number of phenolic OH excluding ortho intramolecular Hbond substituents is 2. The summed E-state index contributed by atoms with van der Waals surface area (Å²) in [6.45, 7) is 2.08. The van der Waals surface area contributed by atoms with E-state index in [4.69, 9.17) is 0 Å². The van der Waals surface area contributed by atoms with Gasteiger partial charge in [0.25, 0.3) is 0 Å². The molecular formula is C20H24O2. The average Bonchev–Trinajstić information content (AvgIpc) is 2.56. The molecule has 0 radical (unpaired) electrons. The highest BCUT2D eigenvalue weighted by Gasteiger charge is 2.23. The Hall–Kier alpha value is -1.96. The van der Waals surface area contributed by atoms with E-state index in [9.17, 15) is 10.2 Å². The number of hydrogen-bond donors (Lipinski definition) is 2. The second kappa shape index (κ2) is 6.43. The van der Waals surface area contributed by atoms with E-state index >= 15 is 0 Å². The summed E-state index contributed by atoms with van der Waals surface area (Å²) in [5, 5.41) is 19.2. The van der Waals surface area contributed by atoms with Gasteiger partial charge in [0.15, 0.2) is 0 Å². The molecule has 2 heteroatoms. The van der Waals surface area contributed by atoms with Crippen LogP contribution in [0, 0.1) is 0 Å². The molecule has 0 bridgehead atoms. The Labute approximate surface area is 132 Å². The summed E-state index contributed by atoms with van der Waals surface area (Å²) in [6.07, 6.45) is 5.65. The molecular weight excluding hydrogens is 272 g/mol. The molecule has 22 heavy (non-hydrogen) atoms. The quantitative estimate of drug-likeness (QED) is 0.827. The van der Waals surface area contributed by atoms with E-state index < -0.39 is 0 Å². The molecule has 2 N–H and O–H groups in total. The predicted molar refractivity (Wildman–Crippen MR) is 89.5 cm³/mol. The van der Waals surface area contributed by atoms with Gasteiger partial charge in [-0.3, -0.25) is 0 Å². The van der Waals surface area contributed by atoms with Crippen LogP contribution in [-0.4, -0.2) is 10.2 Å². The van der Waals surface area contributed by atoms with Crippen LogP contribution in [0.1, 0.15) is 61.1 Å². The maximum atomic E-state index is 9.83. The van der Waals surface area contributed by atoms with Crippen molar-refractivity contribution in [2.75, 3.05) is 0 Å². The maximum absolute atomic E-state index is 9.83. The first-order valence-electron chi connectivity index (χ1n) is 8.28. The lowest BCUT2D eigenvalue weighted by molar-refractivity contribution is 0.395. The fraction of sp³-hybridized carbons (Fsp3) is 0.400. The van der Waals surface area contributed by atoms with Gasteiger partial charge in [0.05, 0.1) is 0 Å². The van der Waals surface area contributed by atoms with Gasteiger partial charge in [-0.15, -0.1) is 0 Å². The smallest absolute Gasteiger partial charge is 0.118 e. The van der Waals surface area contributed by atoms with Crippen LogP contribution in [0.4, 0.5) is 0 Å². The summed E-state index contributed by atoms with van der Waals surface area (Å²) < 4.78 is 0. The molecule has 116 valence electrons. The van der Waals surface area contributed by atoms with Gasteiger partial charge in [0.1, 0.15) is 11.5 Å². The summed E-state index contributed by atoms with van der Waals surface area (Å²) in [4.78, 5) is 0. The van der Waals surface area contributed by atoms with Crippen molar-refractivity contribution < 1.29 is 10.2 Å². The molecule has 0 aromatic heterocycles. The molecule has 0 unspecified atom stereocenters. The number of benzene rings is 2. The first-order valence-corrected chi connectivity index (χ1v) is 8.28. The zero-order valence-corrected chi connectivity index (χ0v) is 13.1. The lowest BCUT2D eigenvalue weighted by atomic mass is 9.76. The van der Waals surface area contributed by atoms with E-state index in [1.807, 2.05) is 6.07 Å². The Morgan fingerprint density at radius 1 is 0.818 bits per heavy atom. The Kier molecular flexibility index (Phi) is 4.37. The van der Waals surface area contributed by atoms with Gasteiger partial charge in [-0.2, -0.15) is 0 Å². The van der Waals surface area contributed by atoms with Gasteiger partial charge in [-0.05, 0) is 78.8 Å². The van der Waals surface area contributed by atoms with Crippen LogP contribution in [0.3, 0.4) is 0 Å². The van der Waals surface area contributed by atoms with Crippen molar-refractivity contribution in [1.29, 1.82) is 0 Å². The largest absolute Gasteiger partial charge is 0.508 e. The van der Waals surface area contributed by atoms with E-state index in [2.05, 4.69) is 31.2 Å². The van der Waals surface area contributed by atoms with Gasteiger partial charge in [0, 0.05) is 0 Å². The van der Waals surface area contributed by atoms with Gasteiger partial charge in [-0.1, -0.05) is 31.2 Å². The Morgan fingerprint density at radius 2 is 1.36 bits per heavy atom. The van der Waals surface area contributed by atoms with Gasteiger partial charge in [0.2, 0.25) is 0 Å². The van der Waals surface area contributed by atoms with Crippen molar-refractivity contribution in [3.8, 4) is 11.5 Å². The fourth-order valence-corrected chi connectivity index (χ4v) is 3.65. The van der Waals surface area contributed by atoms with E-state index in [1.165, 1.54) is 36.8 Å². The second-order valence-electron chi connectivity index (χ2n) is 6.38. The first kappa shape index (κ1) is 15.0. The molecule has 1 saturated carbocycles. The van der Waals surface area contributed by atoms with Gasteiger partial charge < -0.3 is 10.2 Å². The molecule has 1 aliphatic rings. The Bertz CT molecular complexity index is 623. The van der Waals surface area contributed by atoms with Crippen molar-refractivity contribution in [3.05, 3.63) is 59.2 Å². The zero-order chi connectivity index (χ0) is 15.5. The van der Waals surface area contributed by atoms with Crippen LogP contribution in [0.5, 0.6) is 11.5 Å². The summed E-state index contributed by atoms with van der Waals surface area (Å²) in [6, 6.07) is 13.8. The van der Waals surface area contributed by atoms with Gasteiger partial charge in [-0.25, -0.2) is 0 Å². The highest BCUT2D eigenvalue weighted by molar-refractivity contribution is 5.38. The van der Waals surface area contributed by atoms with Crippen molar-refractivity contribution in [2.45, 2.75) is 50.9 Å². The van der Waals surface area contributed by atoms with E-state index in [0.29, 0.717) is 23.3 Å². The number of hydrogen-bond acceptors (Lipinski definition) is 2. The number of aromatic hydroxyl groups is 2. The highest BCUT2D eigenvalue weighted by atomic mass is 16.3. The lowest BCUT2D eigenvalue weighted by Crippen LogP contribution is -2.12. The Balaban J connectivity index is 1.67. The zero-order valence-electron chi connectivity index (χ0n) is 13.1. The average molecular weight is 296 g/mol. The maximum Gasteiger partial charge on any atom is 0.118 e. The second-order valence-corrected chi connectivity index (χ2v) is 6.38. The third kappa shape index (κ3) is 3.11. The summed E-state index contributed by atoms with van der Waals surface area (Å²) in [7, 11) is 0. The normalized spacial score (nSPS) is 21.7. The van der Waals surface area contributed by atoms with Crippen LogP contribution in [0.25, 0.3) is 0 Å². The van der Waals surface area contributed by atoms with Crippen molar-refractivity contribution in [2.24, 2.45) is 0 Å². The molecule has 0 heterocycles. The minimum Gasteiger partial charge on any atom is -0.508 e. The van der Waals surface area contributed by atoms with Crippen LogP contribution in [-0.2, 0) is 6.42 Å². The summed E-state index contributed by atoms with van der Waals surface area (Å²) in [5.41, 5.74) is 3.77. The SMILES string of the molecule is CCc1cc(C2CCC(c3ccc(O)cc3)CC2)ccc1O. The molecule has 0 aliphatic heterocycles. The molecule has 1 fully saturated rings. The van der Waals surface area contributed by atoms with E-state index in [0.717, 1.165) is 12.0 Å². The predicted octanol–water partition coefficient (Wildman–Crippen LogP) is 5.10. The van der Waals surface area contributed by atoms with Crippen LogP contribution >= 0.6 is 0 Å². The van der Waals surface area contributed by atoms with Crippen LogP contribution < -0.4 is 0 Å². The van der Waals surface area contributed by atoms with Crippen LogP contribution in [0.2, 0.25) is 0 Å². The molecule has 0 amide bonds. The van der Waals surface area contributed by atoms with Crippen molar-refractivity contribution in [1.82, 2.24) is 0 Å². The molecule has 2 aromatic carbocycles. The third-order valence-corrected chi connectivity index (χ3v) is 5.05. The minimum atomic E-state index is 0.341. The first-order chi connectivity index (χ1) is 10.7. The summed E-state index contributed by atoms with van der Waals surface area (Å²) in [5.74, 6) is 1.98. The third-order valence-electron chi connectivity index (χ3n) is 5.05. The topological polar surface area (TPSA) is 40.5 Å². The number of phenols is 2. The minimum absolute atomic E-state index is 0.341. The molecule has 0 saturated heterocycles. The number of rotatable bonds is 3. The molecule has 0 spiro atoms. The monoisotopic (exact) mass is 296 g/mol. The molecule has 0 atom stereocenters. The fourth-order valence-electron chi connectivity index (χ4n) is 3.65. The Morgan fingerprint density at radius 3 is 1.95 bits per heavy atom. The lowest BCUT2D eigenvalue weighted by Gasteiger charge is -2.29. The molecule has 2 nitrogen and oxygen atoms in total. The van der Waals surface area contributed by atoms with E-state index in [1.54, 1.807) is 12.1 Å². The standard InChI is InChI=1S/C20H24O2/c1-2-14-13-18(9-12-20(14)22)17-5-3-15(4-6-17)16-7-10-19(21)11-8-16/h7-13,15,17,21-22H,2-6H2,1H3. The van der Waals surface area contributed by atoms with Gasteiger partial charge >= 0.3 is 0 Å². The van der Waals surface area contributed by atoms with Crippen molar-refractivity contribution in [3.63, 3.8) is 0 Å². The van der Waals surface area contributed by atoms with Crippen LogP contribution in [0.15, 0.2) is 42.5 Å². The summed E-state index contributed by atoms with van der Waals surface area (Å²) >= 11 is 0. The van der Waals surface area contributed by atoms with E-state index in [-0.39, 0.29) is 0 Å². The van der Waals surface area contributed by atoms with Crippen molar-refractivity contribution >= 4 is 0 Å². The number of aryl methyl sites for hydroxylation is 1. The molecule has 3 rings (SSSR count). The molecule has 2 aromatic rings. The highest BCUT2D eigenvalue weighted by Crippen LogP contribution is 2.41. The molecule has 1 aliphatic carbocycles.